The Morgan fingerprint density at radius 3 is 2.56 bits per heavy atom. The summed E-state index contributed by atoms with van der Waals surface area (Å²) < 4.78 is 0. The van der Waals surface area contributed by atoms with E-state index in [-0.39, 0.29) is 11.4 Å². The summed E-state index contributed by atoms with van der Waals surface area (Å²) >= 11 is 0. The van der Waals surface area contributed by atoms with Gasteiger partial charge in [0.05, 0.1) is 0 Å². The van der Waals surface area contributed by atoms with Gasteiger partial charge in [0.25, 0.3) is 0 Å². The molecule has 2 aliphatic rings. The van der Waals surface area contributed by atoms with Crippen molar-refractivity contribution in [3.8, 4) is 0 Å². The van der Waals surface area contributed by atoms with Crippen LogP contribution in [0.1, 0.15) is 53.4 Å². The van der Waals surface area contributed by atoms with Crippen LogP contribution >= 0.6 is 0 Å². The van der Waals surface area contributed by atoms with Crippen LogP contribution in [0.15, 0.2) is 12.2 Å². The molecule has 0 saturated heterocycles. The molecule has 18 heavy (non-hydrogen) atoms. The first-order chi connectivity index (χ1) is 8.39. The van der Waals surface area contributed by atoms with E-state index in [1.807, 2.05) is 0 Å². The summed E-state index contributed by atoms with van der Waals surface area (Å²) in [5.41, 5.74) is -0.0363. The fraction of sp³-hybridized carbons (Fsp3) is 0.812. The van der Waals surface area contributed by atoms with Crippen LogP contribution in [0.3, 0.4) is 0 Å². The second-order valence-corrected chi connectivity index (χ2v) is 7.00. The summed E-state index contributed by atoms with van der Waals surface area (Å²) in [5.74, 6) is 2.73. The summed E-state index contributed by atoms with van der Waals surface area (Å²) in [5, 5.41) is 0. The van der Waals surface area contributed by atoms with Gasteiger partial charge in [0.1, 0.15) is 0 Å². The van der Waals surface area contributed by atoms with Gasteiger partial charge in [-0.15, -0.1) is 0 Å². The topological polar surface area (TPSA) is 20.3 Å². The van der Waals surface area contributed by atoms with Crippen LogP contribution in [-0.4, -0.2) is 22.9 Å². The molecule has 2 nitrogen and oxygen atoms in total. The van der Waals surface area contributed by atoms with Gasteiger partial charge in [-0.2, -0.15) is 0 Å². The number of carbonyl (C=O) groups is 1. The fourth-order valence-electron chi connectivity index (χ4n) is 3.37. The normalized spacial score (nSPS) is 31.2. The molecule has 2 rings (SSSR count). The van der Waals surface area contributed by atoms with Gasteiger partial charge in [-0.25, -0.2) is 0 Å². The zero-order valence-corrected chi connectivity index (χ0v) is 12.3. The molecule has 3 atom stereocenters. The highest BCUT2D eigenvalue weighted by Gasteiger charge is 2.44. The molecule has 102 valence electrons. The lowest BCUT2D eigenvalue weighted by atomic mass is 9.89. The van der Waals surface area contributed by atoms with Crippen molar-refractivity contribution in [2.75, 3.05) is 6.54 Å². The van der Waals surface area contributed by atoms with Crippen molar-refractivity contribution in [1.82, 2.24) is 4.90 Å². The predicted molar refractivity (Wildman–Crippen MR) is 75.2 cm³/mol. The van der Waals surface area contributed by atoms with Crippen LogP contribution in [-0.2, 0) is 4.79 Å². The van der Waals surface area contributed by atoms with Gasteiger partial charge < -0.3 is 4.90 Å². The largest absolute Gasteiger partial charge is 0.338 e. The van der Waals surface area contributed by atoms with Gasteiger partial charge in [0, 0.05) is 19.0 Å². The van der Waals surface area contributed by atoms with Crippen molar-refractivity contribution < 1.29 is 4.79 Å². The first-order valence-electron chi connectivity index (χ1n) is 7.33. The third-order valence-electron chi connectivity index (χ3n) is 4.50. The van der Waals surface area contributed by atoms with E-state index in [2.05, 4.69) is 37.8 Å². The highest BCUT2D eigenvalue weighted by atomic mass is 16.2. The SMILES string of the molecule is CC(=O)N(C[C@H]1CC1C1CC=CCC1)C(C)(C)C. The van der Waals surface area contributed by atoms with E-state index in [1.54, 1.807) is 6.92 Å². The summed E-state index contributed by atoms with van der Waals surface area (Å²) in [6, 6.07) is 0. The van der Waals surface area contributed by atoms with Crippen LogP contribution in [0.4, 0.5) is 0 Å². The van der Waals surface area contributed by atoms with Crippen LogP contribution < -0.4 is 0 Å². The quantitative estimate of drug-likeness (QED) is 0.699. The Bertz CT molecular complexity index is 339. The minimum Gasteiger partial charge on any atom is -0.338 e. The summed E-state index contributed by atoms with van der Waals surface area (Å²) in [6.07, 6.45) is 9.85. The Hall–Kier alpha value is -0.790. The van der Waals surface area contributed by atoms with Gasteiger partial charge in [0.15, 0.2) is 0 Å². The molecule has 2 heteroatoms. The number of hydrogen-bond acceptors (Lipinski definition) is 1. The third kappa shape index (κ3) is 3.15. The number of hydrogen-bond donors (Lipinski definition) is 0. The maximum absolute atomic E-state index is 11.8. The van der Waals surface area contributed by atoms with Crippen molar-refractivity contribution in [2.24, 2.45) is 17.8 Å². The molecule has 0 aromatic carbocycles. The molecule has 0 heterocycles. The highest BCUT2D eigenvalue weighted by molar-refractivity contribution is 5.74. The molecule has 0 bridgehead atoms. The zero-order valence-electron chi connectivity index (χ0n) is 12.3. The van der Waals surface area contributed by atoms with E-state index in [4.69, 9.17) is 0 Å². The van der Waals surface area contributed by atoms with E-state index >= 15 is 0 Å². The molecule has 1 fully saturated rings. The van der Waals surface area contributed by atoms with Gasteiger partial charge in [-0.1, -0.05) is 12.2 Å². The zero-order chi connectivity index (χ0) is 13.3. The maximum atomic E-state index is 11.8. The monoisotopic (exact) mass is 249 g/mol. The van der Waals surface area contributed by atoms with Crippen molar-refractivity contribution >= 4 is 5.91 Å². The smallest absolute Gasteiger partial charge is 0.219 e. The van der Waals surface area contributed by atoms with Crippen LogP contribution in [0.25, 0.3) is 0 Å². The molecule has 0 aliphatic heterocycles. The fourth-order valence-corrected chi connectivity index (χ4v) is 3.37. The molecular weight excluding hydrogens is 222 g/mol. The molecule has 0 aromatic rings. The Morgan fingerprint density at radius 2 is 2.06 bits per heavy atom. The third-order valence-corrected chi connectivity index (χ3v) is 4.50. The molecule has 1 saturated carbocycles. The standard InChI is InChI=1S/C16H27NO/c1-12(18)17(16(2,3)4)11-14-10-15(14)13-8-6-5-7-9-13/h5-6,13-15H,7-11H2,1-4H3/t13?,14-,15?/m1/s1. The molecule has 2 aliphatic carbocycles. The molecule has 0 aromatic heterocycles. The van der Waals surface area contributed by atoms with Crippen molar-refractivity contribution in [3.05, 3.63) is 12.2 Å². The van der Waals surface area contributed by atoms with Gasteiger partial charge >= 0.3 is 0 Å². The number of nitrogens with zero attached hydrogens (tertiary/aromatic N) is 1. The van der Waals surface area contributed by atoms with Gasteiger partial charge in [0.2, 0.25) is 5.91 Å². The summed E-state index contributed by atoms with van der Waals surface area (Å²) in [6.45, 7) is 9.06. The van der Waals surface area contributed by atoms with Crippen molar-refractivity contribution in [2.45, 2.75) is 58.9 Å². The minimum atomic E-state index is -0.0363. The average molecular weight is 249 g/mol. The summed E-state index contributed by atoms with van der Waals surface area (Å²) in [4.78, 5) is 13.8. The highest BCUT2D eigenvalue weighted by Crippen LogP contribution is 2.49. The minimum absolute atomic E-state index is 0.0363. The number of amides is 1. The van der Waals surface area contributed by atoms with Crippen molar-refractivity contribution in [3.63, 3.8) is 0 Å². The van der Waals surface area contributed by atoms with Crippen LogP contribution in [0.2, 0.25) is 0 Å². The first kappa shape index (κ1) is 13.6. The van der Waals surface area contributed by atoms with Crippen molar-refractivity contribution in [1.29, 1.82) is 0 Å². The maximum Gasteiger partial charge on any atom is 0.219 e. The lowest BCUT2D eigenvalue weighted by Crippen LogP contribution is -2.45. The number of carbonyl (C=O) groups excluding carboxylic acids is 1. The molecule has 0 spiro atoms. The molecule has 0 radical (unpaired) electrons. The lowest BCUT2D eigenvalue weighted by Gasteiger charge is -2.35. The van der Waals surface area contributed by atoms with Crippen LogP contribution in [0, 0.1) is 17.8 Å². The van der Waals surface area contributed by atoms with Gasteiger partial charge in [-0.3, -0.25) is 4.79 Å². The van der Waals surface area contributed by atoms with E-state index in [9.17, 15) is 4.79 Å². The Labute approximate surface area is 111 Å². The lowest BCUT2D eigenvalue weighted by molar-refractivity contribution is -0.133. The second kappa shape index (κ2) is 5.07. The van der Waals surface area contributed by atoms with E-state index in [0.717, 1.165) is 24.3 Å². The van der Waals surface area contributed by atoms with E-state index in [0.29, 0.717) is 0 Å². The van der Waals surface area contributed by atoms with E-state index < -0.39 is 0 Å². The van der Waals surface area contributed by atoms with Crippen LogP contribution in [0.5, 0.6) is 0 Å². The molecule has 2 unspecified atom stereocenters. The Balaban J connectivity index is 1.87. The molecule has 1 amide bonds. The number of allylic oxidation sites excluding steroid dienone is 2. The average Bonchev–Trinajstić information content (AvgIpc) is 3.04. The van der Waals surface area contributed by atoms with Gasteiger partial charge in [-0.05, 0) is 64.2 Å². The Kier molecular flexibility index (Phi) is 3.84. The molecule has 0 N–H and O–H groups in total. The first-order valence-corrected chi connectivity index (χ1v) is 7.33. The Morgan fingerprint density at radius 1 is 1.33 bits per heavy atom. The molecular formula is C16H27NO. The van der Waals surface area contributed by atoms with E-state index in [1.165, 1.54) is 25.7 Å². The second-order valence-electron chi connectivity index (χ2n) is 7.00. The number of rotatable bonds is 3. The summed E-state index contributed by atoms with van der Waals surface area (Å²) in [7, 11) is 0. The predicted octanol–water partition coefficient (Wildman–Crippen LogP) is 3.63.